The Morgan fingerprint density at radius 2 is 2.00 bits per heavy atom. The van der Waals surface area contributed by atoms with Gasteiger partial charge in [0, 0.05) is 24.3 Å². The monoisotopic (exact) mass is 288 g/mol. The summed E-state index contributed by atoms with van der Waals surface area (Å²) in [6.45, 7) is 12.7. The number of hydrogen-bond acceptors (Lipinski definition) is 2. The van der Waals surface area contributed by atoms with Crippen LogP contribution in [0, 0.1) is 18.8 Å². The second-order valence-corrected chi connectivity index (χ2v) is 7.22. The third kappa shape index (κ3) is 3.79. The van der Waals surface area contributed by atoms with Gasteiger partial charge in [0.05, 0.1) is 0 Å². The summed E-state index contributed by atoms with van der Waals surface area (Å²) >= 11 is 0. The smallest absolute Gasteiger partial charge is 0.0402 e. The number of piperidine rings is 1. The van der Waals surface area contributed by atoms with Crippen LogP contribution in [-0.2, 0) is 6.42 Å². The number of benzene rings is 1. The highest BCUT2D eigenvalue weighted by molar-refractivity contribution is 5.56. The Morgan fingerprint density at radius 3 is 2.67 bits per heavy atom. The second-order valence-electron chi connectivity index (χ2n) is 7.22. The van der Waals surface area contributed by atoms with Gasteiger partial charge in [0.2, 0.25) is 0 Å². The minimum absolute atomic E-state index is 0.264. The molecule has 0 aliphatic carbocycles. The predicted molar refractivity (Wildman–Crippen MR) is 92.9 cm³/mol. The Hall–Kier alpha value is -1.02. The molecule has 4 atom stereocenters. The van der Waals surface area contributed by atoms with Crippen molar-refractivity contribution in [2.45, 2.75) is 66.0 Å². The summed E-state index contributed by atoms with van der Waals surface area (Å²) in [7, 11) is 0. The third-order valence-electron chi connectivity index (χ3n) is 5.15. The minimum atomic E-state index is 0.264. The fraction of sp³-hybridized carbons (Fsp3) is 0.684. The van der Waals surface area contributed by atoms with Crippen molar-refractivity contribution in [1.29, 1.82) is 0 Å². The van der Waals surface area contributed by atoms with Gasteiger partial charge in [-0.15, -0.1) is 0 Å². The molecule has 118 valence electrons. The van der Waals surface area contributed by atoms with Gasteiger partial charge in [-0.2, -0.15) is 0 Å². The molecular weight excluding hydrogens is 256 g/mol. The Kier molecular flexibility index (Phi) is 5.32. The molecule has 4 unspecified atom stereocenters. The van der Waals surface area contributed by atoms with E-state index in [0.717, 1.165) is 24.7 Å². The highest BCUT2D eigenvalue weighted by atomic mass is 15.2. The van der Waals surface area contributed by atoms with Gasteiger partial charge in [0.25, 0.3) is 0 Å². The van der Waals surface area contributed by atoms with Crippen LogP contribution in [0.5, 0.6) is 0 Å². The highest BCUT2D eigenvalue weighted by Crippen LogP contribution is 2.34. The van der Waals surface area contributed by atoms with Gasteiger partial charge < -0.3 is 10.6 Å². The fourth-order valence-electron chi connectivity index (χ4n) is 3.62. The van der Waals surface area contributed by atoms with Gasteiger partial charge in [-0.25, -0.2) is 0 Å². The molecule has 1 aliphatic rings. The molecule has 0 aromatic heterocycles. The van der Waals surface area contributed by atoms with Crippen molar-refractivity contribution in [2.75, 3.05) is 11.4 Å². The van der Waals surface area contributed by atoms with Crippen LogP contribution in [0.4, 0.5) is 5.69 Å². The second kappa shape index (κ2) is 6.83. The van der Waals surface area contributed by atoms with E-state index in [9.17, 15) is 0 Å². The van der Waals surface area contributed by atoms with Crippen molar-refractivity contribution >= 4 is 5.69 Å². The standard InChI is InChI=1S/C19H32N2/c1-6-18(20)11-17-10-13(2)7-8-19(17)21-12-14(3)9-15(4)16(21)5/h7-8,10,14-16,18H,6,9,11-12,20H2,1-5H3. The highest BCUT2D eigenvalue weighted by Gasteiger charge is 2.30. The van der Waals surface area contributed by atoms with Gasteiger partial charge in [0.15, 0.2) is 0 Å². The van der Waals surface area contributed by atoms with E-state index in [1.807, 2.05) is 0 Å². The molecule has 0 radical (unpaired) electrons. The number of hydrogen-bond donors (Lipinski definition) is 1. The average molecular weight is 288 g/mol. The lowest BCUT2D eigenvalue weighted by Crippen LogP contribution is -2.46. The SMILES string of the molecule is CCC(N)Cc1cc(C)ccc1N1CC(C)CC(C)C1C. The van der Waals surface area contributed by atoms with Crippen LogP contribution in [-0.4, -0.2) is 18.6 Å². The molecule has 1 fully saturated rings. The largest absolute Gasteiger partial charge is 0.368 e. The minimum Gasteiger partial charge on any atom is -0.368 e. The molecular formula is C19H32N2. The first-order valence-corrected chi connectivity index (χ1v) is 8.54. The maximum absolute atomic E-state index is 6.22. The van der Waals surface area contributed by atoms with E-state index in [1.165, 1.54) is 29.8 Å². The first-order chi connectivity index (χ1) is 9.92. The van der Waals surface area contributed by atoms with Gasteiger partial charge in [-0.3, -0.25) is 0 Å². The number of aryl methyl sites for hydroxylation is 1. The molecule has 1 heterocycles. The summed E-state index contributed by atoms with van der Waals surface area (Å²) in [5.74, 6) is 1.52. The maximum atomic E-state index is 6.22. The van der Waals surface area contributed by atoms with Crippen molar-refractivity contribution in [3.05, 3.63) is 29.3 Å². The normalized spacial score (nSPS) is 27.7. The van der Waals surface area contributed by atoms with E-state index in [-0.39, 0.29) is 6.04 Å². The van der Waals surface area contributed by atoms with Crippen molar-refractivity contribution in [2.24, 2.45) is 17.6 Å². The molecule has 1 saturated heterocycles. The molecule has 1 aromatic carbocycles. The lowest BCUT2D eigenvalue weighted by molar-refractivity contribution is 0.296. The molecule has 0 saturated carbocycles. The van der Waals surface area contributed by atoms with Crippen LogP contribution in [0.3, 0.4) is 0 Å². The number of anilines is 1. The van der Waals surface area contributed by atoms with Crippen LogP contribution in [0.15, 0.2) is 18.2 Å². The van der Waals surface area contributed by atoms with Crippen LogP contribution >= 0.6 is 0 Å². The summed E-state index contributed by atoms with van der Waals surface area (Å²) < 4.78 is 0. The Morgan fingerprint density at radius 1 is 1.29 bits per heavy atom. The summed E-state index contributed by atoms with van der Waals surface area (Å²) in [6, 6.07) is 7.77. The first kappa shape index (κ1) is 16.4. The van der Waals surface area contributed by atoms with Crippen molar-refractivity contribution in [1.82, 2.24) is 0 Å². The van der Waals surface area contributed by atoms with Crippen LogP contribution in [0.1, 0.15) is 51.7 Å². The van der Waals surface area contributed by atoms with Gasteiger partial charge in [-0.1, -0.05) is 38.5 Å². The fourth-order valence-corrected chi connectivity index (χ4v) is 3.62. The van der Waals surface area contributed by atoms with E-state index in [2.05, 4.69) is 57.7 Å². The van der Waals surface area contributed by atoms with Crippen molar-refractivity contribution < 1.29 is 0 Å². The van der Waals surface area contributed by atoms with Crippen molar-refractivity contribution in [3.63, 3.8) is 0 Å². The summed E-state index contributed by atoms with van der Waals surface area (Å²) in [5.41, 5.74) is 10.4. The molecule has 0 spiro atoms. The van der Waals surface area contributed by atoms with Crippen LogP contribution in [0.2, 0.25) is 0 Å². The molecule has 0 amide bonds. The van der Waals surface area contributed by atoms with E-state index in [1.54, 1.807) is 0 Å². The summed E-state index contributed by atoms with van der Waals surface area (Å²) in [5, 5.41) is 0. The van der Waals surface area contributed by atoms with Crippen LogP contribution < -0.4 is 10.6 Å². The van der Waals surface area contributed by atoms with E-state index in [0.29, 0.717) is 6.04 Å². The Labute approximate surface area is 130 Å². The Bertz CT molecular complexity index is 469. The average Bonchev–Trinajstić information content (AvgIpc) is 2.43. The van der Waals surface area contributed by atoms with E-state index < -0.39 is 0 Å². The number of nitrogens with zero attached hydrogens (tertiary/aromatic N) is 1. The maximum Gasteiger partial charge on any atom is 0.0402 e. The van der Waals surface area contributed by atoms with Gasteiger partial charge >= 0.3 is 0 Å². The molecule has 1 aliphatic heterocycles. The summed E-state index contributed by atoms with van der Waals surface area (Å²) in [4.78, 5) is 2.62. The topological polar surface area (TPSA) is 29.3 Å². The van der Waals surface area contributed by atoms with Gasteiger partial charge in [0.1, 0.15) is 0 Å². The lowest BCUT2D eigenvalue weighted by atomic mass is 9.85. The molecule has 2 nitrogen and oxygen atoms in total. The predicted octanol–water partition coefficient (Wildman–Crippen LogP) is 4.15. The molecule has 2 heteroatoms. The Balaban J connectivity index is 2.33. The molecule has 1 aromatic rings. The number of nitrogens with two attached hydrogens (primary N) is 1. The van der Waals surface area contributed by atoms with E-state index in [4.69, 9.17) is 5.73 Å². The number of rotatable bonds is 4. The zero-order valence-electron chi connectivity index (χ0n) is 14.4. The zero-order valence-corrected chi connectivity index (χ0v) is 14.4. The van der Waals surface area contributed by atoms with Crippen molar-refractivity contribution in [3.8, 4) is 0 Å². The zero-order chi connectivity index (χ0) is 15.6. The van der Waals surface area contributed by atoms with Gasteiger partial charge in [-0.05, 0) is 56.6 Å². The molecule has 2 N–H and O–H groups in total. The quantitative estimate of drug-likeness (QED) is 0.902. The molecule has 0 bridgehead atoms. The van der Waals surface area contributed by atoms with E-state index >= 15 is 0 Å². The lowest BCUT2D eigenvalue weighted by Gasteiger charge is -2.43. The summed E-state index contributed by atoms with van der Waals surface area (Å²) in [6.07, 6.45) is 3.36. The molecule has 21 heavy (non-hydrogen) atoms. The molecule has 2 rings (SSSR count). The third-order valence-corrected chi connectivity index (χ3v) is 5.15. The first-order valence-electron chi connectivity index (χ1n) is 8.54. The van der Waals surface area contributed by atoms with Crippen LogP contribution in [0.25, 0.3) is 0 Å².